The molecule has 0 amide bonds. The molecular weight excluding hydrogens is 230 g/mol. The topological polar surface area (TPSA) is 0 Å². The third-order valence-corrected chi connectivity index (χ3v) is 3.35. The Kier molecular flexibility index (Phi) is 2.54. The van der Waals surface area contributed by atoms with E-state index in [-0.39, 0.29) is 11.2 Å². The lowest BCUT2D eigenvalue weighted by atomic mass is 9.85. The second kappa shape index (κ2) is 3.43. The van der Waals surface area contributed by atoms with Gasteiger partial charge in [0.2, 0.25) is 0 Å². The smallest absolute Gasteiger partial charge is 0.137 e. The van der Waals surface area contributed by atoms with Crippen molar-refractivity contribution in [3.63, 3.8) is 0 Å². The summed E-state index contributed by atoms with van der Waals surface area (Å²) < 4.78 is 27.7. The van der Waals surface area contributed by atoms with Gasteiger partial charge in [0, 0.05) is 10.6 Å². The summed E-state index contributed by atoms with van der Waals surface area (Å²) in [5, 5.41) is 0.339. The van der Waals surface area contributed by atoms with Crippen LogP contribution in [-0.4, -0.2) is 0 Å². The van der Waals surface area contributed by atoms with Gasteiger partial charge in [-0.3, -0.25) is 0 Å². The minimum atomic E-state index is -1.38. The zero-order valence-electron chi connectivity index (χ0n) is 9.70. The molecule has 0 N–H and O–H groups in total. The molecule has 0 aliphatic heterocycles. The SMILES string of the molecule is CC(C)(C)c1cc(Cl)c(C2(F)CC2)cc1F. The van der Waals surface area contributed by atoms with E-state index < -0.39 is 5.67 Å². The molecule has 0 aromatic heterocycles. The van der Waals surface area contributed by atoms with Crippen LogP contribution >= 0.6 is 11.6 Å². The summed E-state index contributed by atoms with van der Waals surface area (Å²) in [5.41, 5.74) is -0.863. The van der Waals surface area contributed by atoms with Crippen molar-refractivity contribution in [2.24, 2.45) is 0 Å². The van der Waals surface area contributed by atoms with E-state index >= 15 is 0 Å². The minimum Gasteiger partial charge on any atom is -0.239 e. The number of rotatable bonds is 1. The molecule has 1 aromatic carbocycles. The Morgan fingerprint density at radius 1 is 1.25 bits per heavy atom. The molecule has 3 heteroatoms. The van der Waals surface area contributed by atoms with Crippen LogP contribution in [0.3, 0.4) is 0 Å². The standard InChI is InChI=1S/C13H15ClF2/c1-12(2,3)9-6-10(14)8(7-11(9)15)13(16)4-5-13/h6-7H,4-5H2,1-3H3. The molecule has 0 radical (unpaired) electrons. The highest BCUT2D eigenvalue weighted by atomic mass is 35.5. The number of hydrogen-bond donors (Lipinski definition) is 0. The van der Waals surface area contributed by atoms with E-state index in [1.54, 1.807) is 6.07 Å². The molecule has 0 nitrogen and oxygen atoms in total. The fraction of sp³-hybridized carbons (Fsp3) is 0.538. The number of halogens is 3. The zero-order valence-corrected chi connectivity index (χ0v) is 10.5. The quantitative estimate of drug-likeness (QED) is 0.670. The van der Waals surface area contributed by atoms with Crippen LogP contribution in [0.2, 0.25) is 5.02 Å². The van der Waals surface area contributed by atoms with E-state index in [9.17, 15) is 8.78 Å². The predicted molar refractivity (Wildman–Crippen MR) is 62.1 cm³/mol. The molecule has 0 spiro atoms. The highest BCUT2D eigenvalue weighted by molar-refractivity contribution is 6.31. The van der Waals surface area contributed by atoms with E-state index in [1.165, 1.54) is 6.07 Å². The average Bonchev–Trinajstić information content (AvgIpc) is 2.86. The molecule has 88 valence electrons. The molecular formula is C13H15ClF2. The normalized spacial score (nSPS) is 18.6. The van der Waals surface area contributed by atoms with E-state index in [4.69, 9.17) is 11.6 Å². The van der Waals surface area contributed by atoms with Gasteiger partial charge in [-0.2, -0.15) is 0 Å². The predicted octanol–water partition coefficient (Wildman–Crippen LogP) is 4.74. The first-order chi connectivity index (χ1) is 7.24. The fourth-order valence-electron chi connectivity index (χ4n) is 1.84. The molecule has 1 aliphatic carbocycles. The van der Waals surface area contributed by atoms with Crippen LogP contribution in [0.15, 0.2) is 12.1 Å². The van der Waals surface area contributed by atoms with Crippen molar-refractivity contribution in [2.45, 2.75) is 44.7 Å². The lowest BCUT2D eigenvalue weighted by Gasteiger charge is -2.21. The second-order valence-electron chi connectivity index (χ2n) is 5.53. The molecule has 0 unspecified atom stereocenters. The van der Waals surface area contributed by atoms with E-state index in [2.05, 4.69) is 0 Å². The third kappa shape index (κ3) is 1.95. The molecule has 16 heavy (non-hydrogen) atoms. The first-order valence-electron chi connectivity index (χ1n) is 5.43. The summed E-state index contributed by atoms with van der Waals surface area (Å²) in [4.78, 5) is 0. The van der Waals surface area contributed by atoms with Gasteiger partial charge in [0.05, 0.1) is 0 Å². The fourth-order valence-corrected chi connectivity index (χ4v) is 2.18. The highest BCUT2D eigenvalue weighted by Crippen LogP contribution is 2.52. The molecule has 2 rings (SSSR count). The number of hydrogen-bond acceptors (Lipinski definition) is 0. The van der Waals surface area contributed by atoms with E-state index in [0.717, 1.165) is 0 Å². The van der Waals surface area contributed by atoms with Crippen molar-refractivity contribution in [1.82, 2.24) is 0 Å². The summed E-state index contributed by atoms with van der Waals surface area (Å²) in [5.74, 6) is -0.365. The number of alkyl halides is 1. The van der Waals surface area contributed by atoms with Crippen molar-refractivity contribution in [1.29, 1.82) is 0 Å². The van der Waals surface area contributed by atoms with Crippen molar-refractivity contribution in [3.8, 4) is 0 Å². The van der Waals surface area contributed by atoms with Gasteiger partial charge in [0.1, 0.15) is 11.5 Å². The van der Waals surface area contributed by atoms with E-state index in [0.29, 0.717) is 29.0 Å². The van der Waals surface area contributed by atoms with Crippen molar-refractivity contribution in [3.05, 3.63) is 34.1 Å². The Balaban J connectivity index is 2.52. The van der Waals surface area contributed by atoms with Crippen LogP contribution in [0.5, 0.6) is 0 Å². The lowest BCUT2D eigenvalue weighted by Crippen LogP contribution is -2.15. The Labute approximate surface area is 99.6 Å². The van der Waals surface area contributed by atoms with Gasteiger partial charge in [-0.05, 0) is 36.0 Å². The van der Waals surface area contributed by atoms with Crippen LogP contribution in [0.25, 0.3) is 0 Å². The first kappa shape index (κ1) is 11.8. The molecule has 1 fully saturated rings. The Morgan fingerprint density at radius 2 is 1.81 bits per heavy atom. The zero-order chi connectivity index (χ0) is 12.1. The highest BCUT2D eigenvalue weighted by Gasteiger charge is 2.46. The summed E-state index contributed by atoms with van der Waals surface area (Å²) in [6.45, 7) is 5.72. The maximum Gasteiger partial charge on any atom is 0.137 e. The van der Waals surface area contributed by atoms with Crippen molar-refractivity contribution < 1.29 is 8.78 Å². The second-order valence-corrected chi connectivity index (χ2v) is 5.93. The van der Waals surface area contributed by atoms with Gasteiger partial charge in [-0.15, -0.1) is 0 Å². The summed E-state index contributed by atoms with van der Waals surface area (Å²) in [7, 11) is 0. The van der Waals surface area contributed by atoms with Gasteiger partial charge >= 0.3 is 0 Å². The van der Waals surface area contributed by atoms with Gasteiger partial charge < -0.3 is 0 Å². The molecule has 0 heterocycles. The monoisotopic (exact) mass is 244 g/mol. The summed E-state index contributed by atoms with van der Waals surface area (Å²) in [6, 6.07) is 2.82. The van der Waals surface area contributed by atoms with E-state index in [1.807, 2.05) is 20.8 Å². The molecule has 0 atom stereocenters. The Hall–Kier alpha value is -0.630. The maximum absolute atomic E-state index is 13.9. The van der Waals surface area contributed by atoms with Crippen molar-refractivity contribution in [2.75, 3.05) is 0 Å². The molecule has 1 aliphatic rings. The molecule has 0 bridgehead atoms. The third-order valence-electron chi connectivity index (χ3n) is 3.04. The van der Waals surface area contributed by atoms with Gasteiger partial charge in [-0.1, -0.05) is 32.4 Å². The maximum atomic E-state index is 13.9. The summed E-state index contributed by atoms with van der Waals surface area (Å²) >= 11 is 6.03. The Bertz CT molecular complexity index is 397. The van der Waals surface area contributed by atoms with Crippen LogP contribution in [0.4, 0.5) is 8.78 Å². The van der Waals surface area contributed by atoms with Crippen LogP contribution in [0, 0.1) is 5.82 Å². The van der Waals surface area contributed by atoms with Crippen molar-refractivity contribution >= 4 is 11.6 Å². The number of benzene rings is 1. The van der Waals surface area contributed by atoms with Gasteiger partial charge in [0.15, 0.2) is 0 Å². The lowest BCUT2D eigenvalue weighted by molar-refractivity contribution is 0.316. The molecule has 1 aromatic rings. The molecule has 0 saturated heterocycles. The average molecular weight is 245 g/mol. The van der Waals surface area contributed by atoms with Crippen LogP contribution < -0.4 is 0 Å². The van der Waals surface area contributed by atoms with Crippen LogP contribution in [-0.2, 0) is 11.1 Å². The van der Waals surface area contributed by atoms with Gasteiger partial charge in [-0.25, -0.2) is 8.78 Å². The Morgan fingerprint density at radius 3 is 2.25 bits per heavy atom. The summed E-state index contributed by atoms with van der Waals surface area (Å²) in [6.07, 6.45) is 0.891. The largest absolute Gasteiger partial charge is 0.239 e. The first-order valence-corrected chi connectivity index (χ1v) is 5.81. The molecule has 1 saturated carbocycles. The minimum absolute atomic E-state index is 0.305. The van der Waals surface area contributed by atoms with Gasteiger partial charge in [0.25, 0.3) is 0 Å². The van der Waals surface area contributed by atoms with Crippen LogP contribution in [0.1, 0.15) is 44.7 Å².